The number of hydrogen-bond donors (Lipinski definition) is 3. The Morgan fingerprint density at radius 2 is 2.62 bits per heavy atom. The number of nitrogens with one attached hydrogen (secondary N) is 1. The summed E-state index contributed by atoms with van der Waals surface area (Å²) in [5.74, 6) is 5.24. The van der Waals surface area contributed by atoms with E-state index >= 15 is 0 Å². The quantitative estimate of drug-likeness (QED) is 0.377. The van der Waals surface area contributed by atoms with Crippen LogP contribution >= 0.6 is 0 Å². The summed E-state index contributed by atoms with van der Waals surface area (Å²) in [5.41, 5.74) is 1.93. The summed E-state index contributed by atoms with van der Waals surface area (Å²) in [7, 11) is 0. The number of nitrogens with two attached hydrogens (primary N) is 1. The zero-order chi connectivity index (χ0) is 6.20. The van der Waals surface area contributed by atoms with Crippen LogP contribution in [0.25, 0.3) is 0 Å². The molecule has 4 nitrogen and oxygen atoms in total. The summed E-state index contributed by atoms with van der Waals surface area (Å²) in [4.78, 5) is 0. The largest absolute Gasteiger partial charge is 0.372 e. The second kappa shape index (κ2) is 1.66. The highest BCUT2D eigenvalue weighted by atomic mass is 16.3. The van der Waals surface area contributed by atoms with Crippen molar-refractivity contribution in [1.82, 2.24) is 10.5 Å². The minimum atomic E-state index is -0.778. The molecule has 8 heavy (non-hydrogen) atoms. The molecule has 0 aromatic carbocycles. The topological polar surface area (TPSA) is 61.5 Å². The van der Waals surface area contributed by atoms with Crippen molar-refractivity contribution in [3.63, 3.8) is 0 Å². The molecule has 0 aromatic rings. The van der Waals surface area contributed by atoms with Crippen LogP contribution in [0.3, 0.4) is 0 Å². The molecule has 0 saturated carbocycles. The minimum Gasteiger partial charge on any atom is -0.372 e. The fourth-order valence-corrected chi connectivity index (χ4v) is 0.648. The third-order valence-electron chi connectivity index (χ3n) is 1.55. The van der Waals surface area contributed by atoms with E-state index in [0.717, 1.165) is 0 Å². The lowest BCUT2D eigenvalue weighted by Gasteiger charge is -2.45. The Morgan fingerprint density at radius 1 is 2.00 bits per heavy atom. The summed E-state index contributed by atoms with van der Waals surface area (Å²) in [6.07, 6.45) is 0.663. The summed E-state index contributed by atoms with van der Waals surface area (Å²) >= 11 is 0. The molecule has 4 N–H and O–H groups in total. The third kappa shape index (κ3) is 0.621. The van der Waals surface area contributed by atoms with Crippen molar-refractivity contribution in [2.75, 3.05) is 6.54 Å². The number of aliphatic hydroxyl groups is 1. The van der Waals surface area contributed by atoms with Crippen LogP contribution in [0.2, 0.25) is 0 Å². The van der Waals surface area contributed by atoms with Gasteiger partial charge in [0.05, 0.1) is 6.54 Å². The number of hydrazine groups is 2. The zero-order valence-electron chi connectivity index (χ0n) is 4.89. The Labute approximate surface area is 48.2 Å². The Balaban J connectivity index is 2.42. The number of β-amino-alcohol motifs (C(OH)–C–C–N with tert-alkyl or cyclic N) is 1. The lowest BCUT2D eigenvalue weighted by Crippen LogP contribution is -2.74. The van der Waals surface area contributed by atoms with Crippen molar-refractivity contribution in [1.29, 1.82) is 0 Å². The Hall–Kier alpha value is -0.160. The second-order valence-corrected chi connectivity index (χ2v) is 2.04. The molecule has 48 valence electrons. The Morgan fingerprint density at radius 3 is 2.62 bits per heavy atom. The summed E-state index contributed by atoms with van der Waals surface area (Å²) in [6.45, 7) is 2.46. The molecular weight excluding hydrogens is 106 g/mol. The van der Waals surface area contributed by atoms with Gasteiger partial charge in [0.25, 0.3) is 0 Å². The van der Waals surface area contributed by atoms with Crippen LogP contribution in [0.15, 0.2) is 0 Å². The molecule has 1 rings (SSSR count). The molecule has 0 bridgehead atoms. The van der Waals surface area contributed by atoms with Crippen LogP contribution in [-0.2, 0) is 0 Å². The molecule has 1 atom stereocenters. The number of rotatable bonds is 1. The van der Waals surface area contributed by atoms with Gasteiger partial charge < -0.3 is 5.11 Å². The van der Waals surface area contributed by atoms with Gasteiger partial charge in [0.1, 0.15) is 0 Å². The molecular formula is C4H11N3O. The van der Waals surface area contributed by atoms with Crippen molar-refractivity contribution in [3.05, 3.63) is 0 Å². The summed E-state index contributed by atoms with van der Waals surface area (Å²) < 4.78 is 0. The van der Waals surface area contributed by atoms with Crippen LogP contribution in [-0.4, -0.2) is 22.5 Å². The molecule has 0 aromatic heterocycles. The maximum atomic E-state index is 9.23. The van der Waals surface area contributed by atoms with Gasteiger partial charge in [-0.2, -0.15) is 0 Å². The lowest BCUT2D eigenvalue weighted by molar-refractivity contribution is -0.214. The molecule has 1 aliphatic rings. The van der Waals surface area contributed by atoms with E-state index in [-0.39, 0.29) is 0 Å². The summed E-state index contributed by atoms with van der Waals surface area (Å²) in [5, 5.41) is 10.5. The van der Waals surface area contributed by atoms with Crippen LogP contribution in [0.1, 0.15) is 13.3 Å². The molecule has 0 aliphatic carbocycles. The highest BCUT2D eigenvalue weighted by Crippen LogP contribution is 2.16. The van der Waals surface area contributed by atoms with Gasteiger partial charge in [0, 0.05) is 0 Å². The van der Waals surface area contributed by atoms with E-state index in [0.29, 0.717) is 13.0 Å². The first kappa shape index (κ1) is 5.97. The Kier molecular flexibility index (Phi) is 1.24. The second-order valence-electron chi connectivity index (χ2n) is 2.04. The van der Waals surface area contributed by atoms with Gasteiger partial charge in [-0.25, -0.2) is 5.43 Å². The van der Waals surface area contributed by atoms with Crippen LogP contribution in [0.5, 0.6) is 0 Å². The molecule has 1 heterocycles. The van der Waals surface area contributed by atoms with E-state index in [2.05, 4.69) is 5.43 Å². The van der Waals surface area contributed by atoms with Gasteiger partial charge >= 0.3 is 0 Å². The van der Waals surface area contributed by atoms with Gasteiger partial charge in [-0.3, -0.25) is 5.84 Å². The van der Waals surface area contributed by atoms with Crippen molar-refractivity contribution in [2.24, 2.45) is 5.84 Å². The summed E-state index contributed by atoms with van der Waals surface area (Å²) in [6, 6.07) is 0. The van der Waals surface area contributed by atoms with Gasteiger partial charge in [-0.15, -0.1) is 5.12 Å². The van der Waals surface area contributed by atoms with Crippen molar-refractivity contribution < 1.29 is 5.11 Å². The van der Waals surface area contributed by atoms with E-state index < -0.39 is 5.72 Å². The molecule has 1 fully saturated rings. The van der Waals surface area contributed by atoms with Gasteiger partial charge in [0.2, 0.25) is 0 Å². The average molecular weight is 117 g/mol. The Bertz CT molecular complexity index is 93.3. The first-order valence-electron chi connectivity index (χ1n) is 2.70. The number of hydrogen-bond acceptors (Lipinski definition) is 4. The fourth-order valence-electron chi connectivity index (χ4n) is 0.648. The van der Waals surface area contributed by atoms with E-state index in [9.17, 15) is 5.11 Å². The van der Waals surface area contributed by atoms with Gasteiger partial charge in [-0.05, 0) is 6.42 Å². The molecule has 1 aliphatic heterocycles. The fraction of sp³-hybridized carbons (Fsp3) is 1.00. The van der Waals surface area contributed by atoms with E-state index in [4.69, 9.17) is 5.84 Å². The first-order chi connectivity index (χ1) is 3.69. The standard InChI is InChI=1S/C4H11N3O/c1-2-4(8)3-6-7(4)5/h6,8H,2-3,5H2,1H3. The molecule has 0 spiro atoms. The van der Waals surface area contributed by atoms with Crippen LogP contribution < -0.4 is 11.3 Å². The zero-order valence-corrected chi connectivity index (χ0v) is 4.89. The van der Waals surface area contributed by atoms with E-state index in [1.165, 1.54) is 5.12 Å². The van der Waals surface area contributed by atoms with Crippen molar-refractivity contribution in [2.45, 2.75) is 19.1 Å². The highest BCUT2D eigenvalue weighted by Gasteiger charge is 2.39. The molecule has 1 saturated heterocycles. The predicted molar refractivity (Wildman–Crippen MR) is 29.3 cm³/mol. The van der Waals surface area contributed by atoms with E-state index in [1.54, 1.807) is 0 Å². The smallest absolute Gasteiger partial charge is 0.158 e. The van der Waals surface area contributed by atoms with Gasteiger partial charge in [0.15, 0.2) is 5.72 Å². The molecule has 1 unspecified atom stereocenters. The maximum absolute atomic E-state index is 9.23. The maximum Gasteiger partial charge on any atom is 0.158 e. The molecule has 0 radical (unpaired) electrons. The SMILES string of the molecule is CCC1(O)CNN1N. The van der Waals surface area contributed by atoms with Gasteiger partial charge in [-0.1, -0.05) is 6.92 Å². The van der Waals surface area contributed by atoms with Crippen molar-refractivity contribution >= 4 is 0 Å². The van der Waals surface area contributed by atoms with Crippen LogP contribution in [0.4, 0.5) is 0 Å². The minimum absolute atomic E-state index is 0.569. The number of nitrogens with zero attached hydrogens (tertiary/aromatic N) is 1. The third-order valence-corrected chi connectivity index (χ3v) is 1.55. The molecule has 0 amide bonds. The van der Waals surface area contributed by atoms with Crippen LogP contribution in [0, 0.1) is 0 Å². The van der Waals surface area contributed by atoms with E-state index in [1.807, 2.05) is 6.92 Å². The molecule has 4 heteroatoms. The highest BCUT2D eigenvalue weighted by molar-refractivity contribution is 4.82. The van der Waals surface area contributed by atoms with Crippen molar-refractivity contribution in [3.8, 4) is 0 Å². The lowest BCUT2D eigenvalue weighted by atomic mass is 10.1. The first-order valence-corrected chi connectivity index (χ1v) is 2.70. The normalized spacial score (nSPS) is 39.4. The predicted octanol–water partition coefficient (Wildman–Crippen LogP) is -1.22. The average Bonchev–Trinajstić information content (AvgIpc) is 1.83. The monoisotopic (exact) mass is 117 g/mol.